The van der Waals surface area contributed by atoms with Crippen LogP contribution in [-0.4, -0.2) is 20.8 Å². The maximum absolute atomic E-state index is 12.9. The fraction of sp³-hybridized carbons (Fsp3) is 0.150. The Morgan fingerprint density at radius 1 is 1.00 bits per heavy atom. The quantitative estimate of drug-likeness (QED) is 0.640. The molecule has 0 N–H and O–H groups in total. The van der Waals surface area contributed by atoms with E-state index in [0.717, 1.165) is 16.6 Å². The zero-order chi connectivity index (χ0) is 19.3. The molecule has 136 valence electrons. The van der Waals surface area contributed by atoms with Crippen LogP contribution in [0.2, 0.25) is 5.02 Å². The van der Waals surface area contributed by atoms with Crippen LogP contribution in [0.5, 0.6) is 0 Å². The molecule has 0 saturated carbocycles. The van der Waals surface area contributed by atoms with Gasteiger partial charge in [0.15, 0.2) is 0 Å². The van der Waals surface area contributed by atoms with Crippen LogP contribution in [-0.2, 0) is 18.9 Å². The first-order valence-electron chi connectivity index (χ1n) is 8.39. The largest absolute Gasteiger partial charge is 0.328 e. The Hall–Kier alpha value is -3.12. The summed E-state index contributed by atoms with van der Waals surface area (Å²) in [7, 11) is 3.47. The van der Waals surface area contributed by atoms with Gasteiger partial charge in [-0.2, -0.15) is 10.1 Å². The number of carbonyl (C=O) groups excluding carboxylic acids is 1. The monoisotopic (exact) mass is 380 g/mol. The van der Waals surface area contributed by atoms with Crippen LogP contribution in [0.25, 0.3) is 17.1 Å². The fourth-order valence-corrected chi connectivity index (χ4v) is 3.43. The van der Waals surface area contributed by atoms with E-state index < -0.39 is 0 Å². The Morgan fingerprint density at radius 3 is 2.48 bits per heavy atom. The van der Waals surface area contributed by atoms with Crippen molar-refractivity contribution in [3.05, 3.63) is 69.1 Å². The molecule has 3 aromatic rings. The van der Waals surface area contributed by atoms with Crippen molar-refractivity contribution in [2.24, 2.45) is 19.2 Å². The van der Waals surface area contributed by atoms with Gasteiger partial charge in [0.05, 0.1) is 28.0 Å². The molecule has 2 aromatic carbocycles. The number of fused-ring (bicyclic) bond motifs is 1. The molecule has 0 aliphatic carbocycles. The van der Waals surface area contributed by atoms with E-state index in [0.29, 0.717) is 22.0 Å². The number of halogens is 1. The van der Waals surface area contributed by atoms with Crippen LogP contribution < -0.4 is 10.7 Å². The highest BCUT2D eigenvalue weighted by atomic mass is 35.5. The average Bonchev–Trinajstić information content (AvgIpc) is 3.05. The van der Waals surface area contributed by atoms with Gasteiger partial charge < -0.3 is 0 Å². The van der Waals surface area contributed by atoms with E-state index in [9.17, 15) is 9.59 Å². The van der Waals surface area contributed by atoms with Crippen molar-refractivity contribution < 1.29 is 4.79 Å². The smallest absolute Gasteiger partial charge is 0.295 e. The number of hydrazone groups is 1. The normalized spacial score (nSPS) is 15.9. The molecule has 1 aliphatic heterocycles. The SMILES string of the molecule is CC1=NN(c2cccc(Cl)c2)C(=O)/C1=C\c1ccc2c(c1)n(C)c(=O)n2C. The summed E-state index contributed by atoms with van der Waals surface area (Å²) >= 11 is 6.03. The molecule has 2 heterocycles. The summed E-state index contributed by atoms with van der Waals surface area (Å²) in [6.07, 6.45) is 1.79. The van der Waals surface area contributed by atoms with Crippen molar-refractivity contribution in [2.75, 3.05) is 5.01 Å². The summed E-state index contributed by atoms with van der Waals surface area (Å²) in [4.78, 5) is 25.0. The summed E-state index contributed by atoms with van der Waals surface area (Å²) in [5, 5.41) is 6.26. The summed E-state index contributed by atoms with van der Waals surface area (Å²) in [6, 6.07) is 12.7. The number of benzene rings is 2. The van der Waals surface area contributed by atoms with E-state index in [4.69, 9.17) is 11.6 Å². The summed E-state index contributed by atoms with van der Waals surface area (Å²) in [5.74, 6) is -0.211. The van der Waals surface area contributed by atoms with E-state index in [1.54, 1.807) is 60.5 Å². The number of hydrogen-bond donors (Lipinski definition) is 0. The van der Waals surface area contributed by atoms with Crippen molar-refractivity contribution in [3.63, 3.8) is 0 Å². The number of aryl methyl sites for hydroxylation is 2. The predicted molar refractivity (Wildman–Crippen MR) is 108 cm³/mol. The van der Waals surface area contributed by atoms with E-state index >= 15 is 0 Å². The Kier molecular flexibility index (Phi) is 4.00. The molecule has 0 unspecified atom stereocenters. The van der Waals surface area contributed by atoms with Crippen molar-refractivity contribution in [1.82, 2.24) is 9.13 Å². The lowest BCUT2D eigenvalue weighted by Gasteiger charge is -2.11. The molecule has 0 bridgehead atoms. The van der Waals surface area contributed by atoms with Crippen LogP contribution >= 0.6 is 11.6 Å². The number of carbonyl (C=O) groups is 1. The zero-order valence-electron chi connectivity index (χ0n) is 15.1. The van der Waals surface area contributed by atoms with Crippen molar-refractivity contribution in [2.45, 2.75) is 6.92 Å². The van der Waals surface area contributed by atoms with Crippen LogP contribution in [0.1, 0.15) is 12.5 Å². The summed E-state index contributed by atoms with van der Waals surface area (Å²) < 4.78 is 3.19. The molecule has 0 fully saturated rings. The minimum Gasteiger partial charge on any atom is -0.295 e. The number of amides is 1. The fourth-order valence-electron chi connectivity index (χ4n) is 3.25. The number of aromatic nitrogens is 2. The number of imidazole rings is 1. The highest BCUT2D eigenvalue weighted by molar-refractivity contribution is 6.33. The van der Waals surface area contributed by atoms with Crippen LogP contribution in [0.4, 0.5) is 5.69 Å². The third-order valence-corrected chi connectivity index (χ3v) is 4.96. The topological polar surface area (TPSA) is 59.6 Å². The second kappa shape index (κ2) is 6.25. The number of hydrogen-bond acceptors (Lipinski definition) is 3. The van der Waals surface area contributed by atoms with Crippen LogP contribution in [0, 0.1) is 0 Å². The number of nitrogens with zero attached hydrogens (tertiary/aromatic N) is 4. The standard InChI is InChI=1S/C20H17ClN4O2/c1-12-16(19(26)25(22-12)15-6-4-5-14(21)11-15)9-13-7-8-17-18(10-13)24(3)20(27)23(17)2/h4-11H,1-3H3/b16-9-. The van der Waals surface area contributed by atoms with Gasteiger partial charge in [0, 0.05) is 19.1 Å². The predicted octanol–water partition coefficient (Wildman–Crippen LogP) is 3.34. The Balaban J connectivity index is 1.75. The summed E-state index contributed by atoms with van der Waals surface area (Å²) in [5.41, 5.74) is 4.15. The minimum absolute atomic E-state index is 0.0865. The highest BCUT2D eigenvalue weighted by Crippen LogP contribution is 2.27. The lowest BCUT2D eigenvalue weighted by molar-refractivity contribution is -0.114. The van der Waals surface area contributed by atoms with Crippen molar-refractivity contribution >= 4 is 46.0 Å². The van der Waals surface area contributed by atoms with E-state index in [1.807, 2.05) is 18.2 Å². The van der Waals surface area contributed by atoms with E-state index in [2.05, 4.69) is 5.10 Å². The van der Waals surface area contributed by atoms with Gasteiger partial charge in [0.2, 0.25) is 0 Å². The molecule has 1 aromatic heterocycles. The first-order valence-corrected chi connectivity index (χ1v) is 8.77. The molecular weight excluding hydrogens is 364 g/mol. The molecular formula is C20H17ClN4O2. The van der Waals surface area contributed by atoms with E-state index in [-0.39, 0.29) is 11.6 Å². The number of anilines is 1. The molecule has 0 spiro atoms. The molecule has 0 radical (unpaired) electrons. The Labute approximate surface area is 160 Å². The molecule has 0 atom stereocenters. The Bertz CT molecular complexity index is 1220. The van der Waals surface area contributed by atoms with Gasteiger partial charge >= 0.3 is 5.69 Å². The average molecular weight is 381 g/mol. The van der Waals surface area contributed by atoms with Crippen LogP contribution in [0.3, 0.4) is 0 Å². The van der Waals surface area contributed by atoms with E-state index in [1.165, 1.54) is 5.01 Å². The molecule has 27 heavy (non-hydrogen) atoms. The first-order chi connectivity index (χ1) is 12.9. The van der Waals surface area contributed by atoms with Gasteiger partial charge in [-0.15, -0.1) is 0 Å². The molecule has 1 amide bonds. The molecule has 7 heteroatoms. The second-order valence-corrected chi connectivity index (χ2v) is 6.93. The Morgan fingerprint density at radius 2 is 1.74 bits per heavy atom. The lowest BCUT2D eigenvalue weighted by atomic mass is 10.1. The van der Waals surface area contributed by atoms with Gasteiger partial charge in [0.25, 0.3) is 5.91 Å². The van der Waals surface area contributed by atoms with Gasteiger partial charge in [-0.1, -0.05) is 23.7 Å². The van der Waals surface area contributed by atoms with Crippen LogP contribution in [0.15, 0.2) is 57.9 Å². The van der Waals surface area contributed by atoms with Gasteiger partial charge in [-0.05, 0) is 48.9 Å². The van der Waals surface area contributed by atoms with Gasteiger partial charge in [-0.3, -0.25) is 13.9 Å². The third kappa shape index (κ3) is 2.78. The third-order valence-electron chi connectivity index (χ3n) is 4.72. The van der Waals surface area contributed by atoms with Gasteiger partial charge in [-0.25, -0.2) is 4.79 Å². The zero-order valence-corrected chi connectivity index (χ0v) is 15.9. The van der Waals surface area contributed by atoms with Crippen molar-refractivity contribution in [1.29, 1.82) is 0 Å². The number of rotatable bonds is 2. The van der Waals surface area contributed by atoms with Gasteiger partial charge in [0.1, 0.15) is 0 Å². The molecule has 0 saturated heterocycles. The molecule has 6 nitrogen and oxygen atoms in total. The molecule has 4 rings (SSSR count). The minimum atomic E-state index is -0.211. The lowest BCUT2D eigenvalue weighted by Crippen LogP contribution is -2.21. The maximum atomic E-state index is 12.9. The molecule has 1 aliphatic rings. The summed E-state index contributed by atoms with van der Waals surface area (Å²) in [6.45, 7) is 1.80. The maximum Gasteiger partial charge on any atom is 0.328 e. The first kappa shape index (κ1) is 17.3. The highest BCUT2D eigenvalue weighted by Gasteiger charge is 2.28. The van der Waals surface area contributed by atoms with Crippen molar-refractivity contribution in [3.8, 4) is 0 Å². The second-order valence-electron chi connectivity index (χ2n) is 6.49.